The minimum absolute atomic E-state index is 0.463. The molecule has 0 fully saturated rings. The first-order valence-electron chi connectivity index (χ1n) is 2.15. The van der Waals surface area contributed by atoms with E-state index < -0.39 is 11.3 Å². The van der Waals surface area contributed by atoms with Crippen molar-refractivity contribution in [3.63, 3.8) is 0 Å². The van der Waals surface area contributed by atoms with E-state index in [1.54, 1.807) is 13.3 Å². The van der Waals surface area contributed by atoms with Gasteiger partial charge in [-0.1, -0.05) is 0 Å². The lowest BCUT2D eigenvalue weighted by molar-refractivity contribution is -0.136. The Labute approximate surface area is 52.5 Å². The third-order valence-corrected chi connectivity index (χ3v) is 1.63. The fourth-order valence-electron chi connectivity index (χ4n) is 0.342. The van der Waals surface area contributed by atoms with Crippen LogP contribution in [0.15, 0.2) is 0 Å². The van der Waals surface area contributed by atoms with Crippen molar-refractivity contribution in [2.24, 2.45) is 0 Å². The van der Waals surface area contributed by atoms with Crippen molar-refractivity contribution in [2.75, 3.05) is 13.3 Å². The molecule has 0 heterocycles. The first-order chi connectivity index (χ1) is 3.72. The van der Waals surface area contributed by atoms with Gasteiger partial charge in [0.1, 0.15) is 0 Å². The third-order valence-electron chi connectivity index (χ3n) is 0.722. The molecule has 48 valence electrons. The lowest BCUT2D eigenvalue weighted by Gasteiger charge is -2.04. The van der Waals surface area contributed by atoms with Crippen LogP contribution in [0.1, 0.15) is 0 Å². The van der Waals surface area contributed by atoms with Gasteiger partial charge in [-0.05, 0) is 13.3 Å². The molecule has 0 radical (unpaired) electrons. The Hall–Kier alpha value is -0.220. The van der Waals surface area contributed by atoms with E-state index in [2.05, 4.69) is 5.32 Å². The molecular formula is C4H9NO2S. The van der Waals surface area contributed by atoms with Gasteiger partial charge in [0.15, 0.2) is 5.37 Å². The summed E-state index contributed by atoms with van der Waals surface area (Å²) < 4.78 is 0. The summed E-state index contributed by atoms with van der Waals surface area (Å²) in [7, 11) is 1.62. The van der Waals surface area contributed by atoms with Crippen molar-refractivity contribution in [1.82, 2.24) is 5.32 Å². The highest BCUT2D eigenvalue weighted by atomic mass is 32.2. The summed E-state index contributed by atoms with van der Waals surface area (Å²) in [6.45, 7) is 0. The number of carboxylic acid groups (broad SMARTS) is 1. The zero-order valence-corrected chi connectivity index (χ0v) is 5.66. The smallest absolute Gasteiger partial charge is 0.331 e. The van der Waals surface area contributed by atoms with Gasteiger partial charge in [0, 0.05) is 0 Å². The van der Waals surface area contributed by atoms with Crippen LogP contribution in [0.4, 0.5) is 0 Å². The van der Waals surface area contributed by atoms with E-state index >= 15 is 0 Å². The van der Waals surface area contributed by atoms with Crippen molar-refractivity contribution in [2.45, 2.75) is 5.37 Å². The fourth-order valence-corrected chi connectivity index (χ4v) is 0.779. The quantitative estimate of drug-likeness (QED) is 0.534. The van der Waals surface area contributed by atoms with Crippen molar-refractivity contribution in [3.8, 4) is 0 Å². The molecule has 0 aliphatic heterocycles. The van der Waals surface area contributed by atoms with Crippen LogP contribution in [0.25, 0.3) is 0 Å². The largest absolute Gasteiger partial charge is 0.479 e. The number of aliphatic carboxylic acids is 1. The summed E-state index contributed by atoms with van der Waals surface area (Å²) in [5.41, 5.74) is 0. The molecule has 1 atom stereocenters. The summed E-state index contributed by atoms with van der Waals surface area (Å²) in [6, 6.07) is 0. The number of carbonyl (C=O) groups is 1. The van der Waals surface area contributed by atoms with Crippen LogP contribution in [0.2, 0.25) is 0 Å². The van der Waals surface area contributed by atoms with E-state index in [9.17, 15) is 4.79 Å². The lowest BCUT2D eigenvalue weighted by Crippen LogP contribution is -2.29. The van der Waals surface area contributed by atoms with Crippen LogP contribution >= 0.6 is 11.8 Å². The minimum Gasteiger partial charge on any atom is -0.479 e. The van der Waals surface area contributed by atoms with Crippen molar-refractivity contribution in [3.05, 3.63) is 0 Å². The fraction of sp³-hybridized carbons (Fsp3) is 0.750. The van der Waals surface area contributed by atoms with Gasteiger partial charge in [-0.3, -0.25) is 5.32 Å². The van der Waals surface area contributed by atoms with Gasteiger partial charge in [-0.2, -0.15) is 0 Å². The van der Waals surface area contributed by atoms with E-state index in [1.807, 2.05) is 0 Å². The topological polar surface area (TPSA) is 49.3 Å². The summed E-state index contributed by atoms with van der Waals surface area (Å²) in [5, 5.41) is 10.4. The summed E-state index contributed by atoms with van der Waals surface area (Å²) in [5.74, 6) is -0.819. The summed E-state index contributed by atoms with van der Waals surface area (Å²) in [6.07, 6.45) is 1.75. The molecule has 0 saturated heterocycles. The summed E-state index contributed by atoms with van der Waals surface area (Å²) in [4.78, 5) is 10.1. The van der Waals surface area contributed by atoms with Crippen LogP contribution in [0.3, 0.4) is 0 Å². The average Bonchev–Trinajstić information content (AvgIpc) is 1.69. The number of likely N-dealkylation sites (N-methyl/N-ethyl adjacent to an activating group) is 1. The Morgan fingerprint density at radius 2 is 2.38 bits per heavy atom. The molecule has 0 spiro atoms. The normalized spacial score (nSPS) is 13.2. The van der Waals surface area contributed by atoms with E-state index in [1.165, 1.54) is 11.8 Å². The Balaban J connectivity index is 3.52. The highest BCUT2D eigenvalue weighted by Crippen LogP contribution is 1.99. The molecule has 0 aromatic carbocycles. The maximum atomic E-state index is 10.1. The molecule has 0 aromatic heterocycles. The lowest BCUT2D eigenvalue weighted by atomic mass is 10.7. The van der Waals surface area contributed by atoms with Gasteiger partial charge in [0.2, 0.25) is 0 Å². The number of hydrogen-bond donors (Lipinski definition) is 2. The van der Waals surface area contributed by atoms with Gasteiger partial charge in [0.05, 0.1) is 0 Å². The highest BCUT2D eigenvalue weighted by Gasteiger charge is 2.10. The second kappa shape index (κ2) is 3.74. The van der Waals surface area contributed by atoms with Gasteiger partial charge < -0.3 is 5.11 Å². The van der Waals surface area contributed by atoms with Crippen molar-refractivity contribution >= 4 is 17.7 Å². The number of hydrogen-bond acceptors (Lipinski definition) is 3. The molecule has 3 nitrogen and oxygen atoms in total. The maximum Gasteiger partial charge on any atom is 0.331 e. The molecule has 0 amide bonds. The highest BCUT2D eigenvalue weighted by molar-refractivity contribution is 7.99. The zero-order chi connectivity index (χ0) is 6.57. The summed E-state index contributed by atoms with van der Waals surface area (Å²) >= 11 is 1.27. The van der Waals surface area contributed by atoms with E-state index in [0.717, 1.165) is 0 Å². The Kier molecular flexibility index (Phi) is 3.64. The molecule has 2 N–H and O–H groups in total. The molecule has 1 unspecified atom stereocenters. The molecule has 0 aliphatic rings. The van der Waals surface area contributed by atoms with Gasteiger partial charge in [-0.25, -0.2) is 4.79 Å². The van der Waals surface area contributed by atoms with Crippen LogP contribution in [-0.4, -0.2) is 29.8 Å². The Morgan fingerprint density at radius 3 is 2.38 bits per heavy atom. The number of thioether (sulfide) groups is 1. The SMILES string of the molecule is CNC(SC)C(=O)O. The molecular weight excluding hydrogens is 126 g/mol. The Bertz CT molecular complexity index is 82.1. The number of rotatable bonds is 3. The van der Waals surface area contributed by atoms with Crippen molar-refractivity contribution in [1.29, 1.82) is 0 Å². The second-order valence-corrected chi connectivity index (χ2v) is 2.19. The van der Waals surface area contributed by atoms with Gasteiger partial charge in [0.25, 0.3) is 0 Å². The van der Waals surface area contributed by atoms with Gasteiger partial charge >= 0.3 is 5.97 Å². The molecule has 0 rings (SSSR count). The van der Waals surface area contributed by atoms with E-state index in [4.69, 9.17) is 5.11 Å². The van der Waals surface area contributed by atoms with Crippen LogP contribution in [0, 0.1) is 0 Å². The second-order valence-electron chi connectivity index (χ2n) is 1.24. The molecule has 8 heavy (non-hydrogen) atoms. The standard InChI is InChI=1S/C4H9NO2S/c1-5-3(8-2)4(6)7/h3,5H,1-2H3,(H,6,7). The van der Waals surface area contributed by atoms with Crippen molar-refractivity contribution < 1.29 is 9.90 Å². The first kappa shape index (κ1) is 7.78. The molecule has 0 aromatic rings. The Morgan fingerprint density at radius 1 is 1.88 bits per heavy atom. The predicted molar refractivity (Wildman–Crippen MR) is 34.0 cm³/mol. The molecule has 4 heteroatoms. The van der Waals surface area contributed by atoms with Crippen LogP contribution in [0.5, 0.6) is 0 Å². The molecule has 0 saturated carbocycles. The van der Waals surface area contributed by atoms with Crippen LogP contribution < -0.4 is 5.32 Å². The maximum absolute atomic E-state index is 10.1. The average molecular weight is 135 g/mol. The third kappa shape index (κ3) is 2.18. The van der Waals surface area contributed by atoms with E-state index in [0.29, 0.717) is 0 Å². The monoisotopic (exact) mass is 135 g/mol. The van der Waals surface area contributed by atoms with Gasteiger partial charge in [-0.15, -0.1) is 11.8 Å². The number of carboxylic acids is 1. The minimum atomic E-state index is -0.819. The first-order valence-corrected chi connectivity index (χ1v) is 3.44. The molecule has 0 bridgehead atoms. The van der Waals surface area contributed by atoms with Crippen LogP contribution in [-0.2, 0) is 4.79 Å². The molecule has 0 aliphatic carbocycles. The predicted octanol–water partition coefficient (Wildman–Crippen LogP) is -0.0205. The van der Waals surface area contributed by atoms with E-state index in [-0.39, 0.29) is 0 Å². The number of nitrogens with one attached hydrogen (secondary N) is 1. The zero-order valence-electron chi connectivity index (χ0n) is 4.84.